The number of amides is 1. The molecule has 0 aliphatic rings. The van der Waals surface area contributed by atoms with Gasteiger partial charge in [0.1, 0.15) is 22.3 Å². The van der Waals surface area contributed by atoms with Crippen LogP contribution in [0.2, 0.25) is 0 Å². The molecule has 0 unspecified atom stereocenters. The van der Waals surface area contributed by atoms with Crippen molar-refractivity contribution in [1.82, 2.24) is 4.98 Å². The summed E-state index contributed by atoms with van der Waals surface area (Å²) in [4.78, 5) is 17.0. The second-order valence-corrected chi connectivity index (χ2v) is 6.37. The molecule has 1 aromatic heterocycles. The smallest absolute Gasteiger partial charge is 0.267 e. The number of aryl methyl sites for hydroxylation is 1. The van der Waals surface area contributed by atoms with E-state index in [9.17, 15) is 13.6 Å². The first kappa shape index (κ1) is 17.8. The predicted octanol–water partition coefficient (Wildman–Crippen LogP) is 4.73. The Morgan fingerprint density at radius 1 is 1.19 bits per heavy atom. The number of carbonyl (C=O) groups is 1. The van der Waals surface area contributed by atoms with Gasteiger partial charge in [0.25, 0.3) is 5.91 Å². The Morgan fingerprint density at radius 2 is 2.00 bits per heavy atom. The summed E-state index contributed by atoms with van der Waals surface area (Å²) < 4.78 is 31.8. The number of rotatable bonds is 5. The highest BCUT2D eigenvalue weighted by Crippen LogP contribution is 2.28. The van der Waals surface area contributed by atoms with E-state index in [2.05, 4.69) is 15.6 Å². The van der Waals surface area contributed by atoms with Gasteiger partial charge in [0, 0.05) is 17.8 Å². The zero-order chi connectivity index (χ0) is 18.7. The summed E-state index contributed by atoms with van der Waals surface area (Å²) in [5.41, 5.74) is 1.17. The van der Waals surface area contributed by atoms with Crippen LogP contribution in [0, 0.1) is 18.6 Å². The normalized spacial score (nSPS) is 10.5. The molecule has 0 saturated heterocycles. The SMILES string of the molecule is COc1cccc(Nc2nc(C)c(C(=O)Nc3ccc(F)cc3F)s2)c1. The van der Waals surface area contributed by atoms with Crippen molar-refractivity contribution in [3.63, 3.8) is 0 Å². The quantitative estimate of drug-likeness (QED) is 0.676. The number of ether oxygens (including phenoxy) is 1. The van der Waals surface area contributed by atoms with Crippen LogP contribution in [0.1, 0.15) is 15.4 Å². The fourth-order valence-corrected chi connectivity index (χ4v) is 3.14. The van der Waals surface area contributed by atoms with Gasteiger partial charge in [-0.15, -0.1) is 0 Å². The van der Waals surface area contributed by atoms with Gasteiger partial charge in [-0.2, -0.15) is 0 Å². The number of hydrogen-bond acceptors (Lipinski definition) is 5. The Hall–Kier alpha value is -3.00. The lowest BCUT2D eigenvalue weighted by molar-refractivity contribution is 0.102. The van der Waals surface area contributed by atoms with Crippen LogP contribution in [0.5, 0.6) is 5.75 Å². The number of halogens is 2. The summed E-state index contributed by atoms with van der Waals surface area (Å²) in [6.07, 6.45) is 0. The van der Waals surface area contributed by atoms with E-state index < -0.39 is 17.5 Å². The van der Waals surface area contributed by atoms with Gasteiger partial charge in [-0.25, -0.2) is 13.8 Å². The lowest BCUT2D eigenvalue weighted by Crippen LogP contribution is -2.12. The summed E-state index contributed by atoms with van der Waals surface area (Å²) in [5, 5.41) is 6.05. The third-order valence-electron chi connectivity index (χ3n) is 3.50. The zero-order valence-corrected chi connectivity index (χ0v) is 14.8. The average molecular weight is 375 g/mol. The summed E-state index contributed by atoms with van der Waals surface area (Å²) >= 11 is 1.13. The van der Waals surface area contributed by atoms with E-state index in [0.29, 0.717) is 27.5 Å². The van der Waals surface area contributed by atoms with E-state index in [1.807, 2.05) is 18.2 Å². The van der Waals surface area contributed by atoms with Crippen molar-refractivity contribution in [3.8, 4) is 5.75 Å². The van der Waals surface area contributed by atoms with E-state index >= 15 is 0 Å². The molecule has 2 aromatic carbocycles. The lowest BCUT2D eigenvalue weighted by Gasteiger charge is -2.05. The number of benzene rings is 2. The van der Waals surface area contributed by atoms with E-state index in [4.69, 9.17) is 4.74 Å². The van der Waals surface area contributed by atoms with Crippen molar-refractivity contribution in [2.24, 2.45) is 0 Å². The van der Waals surface area contributed by atoms with Gasteiger partial charge in [-0.1, -0.05) is 17.4 Å². The minimum absolute atomic E-state index is 0.0912. The molecule has 3 aromatic rings. The van der Waals surface area contributed by atoms with Gasteiger partial charge < -0.3 is 15.4 Å². The Labute approximate surface area is 152 Å². The highest BCUT2D eigenvalue weighted by Gasteiger charge is 2.17. The standard InChI is InChI=1S/C18H15F2N3O2S/c1-10-16(17(24)23-15-7-6-11(19)8-14(15)20)26-18(21-10)22-12-4-3-5-13(9-12)25-2/h3-9H,1-2H3,(H,21,22)(H,23,24). The maximum Gasteiger partial charge on any atom is 0.267 e. The molecule has 8 heteroatoms. The first-order valence-corrected chi connectivity index (χ1v) is 8.43. The van der Waals surface area contributed by atoms with E-state index in [0.717, 1.165) is 23.1 Å². The van der Waals surface area contributed by atoms with Gasteiger partial charge in [-0.3, -0.25) is 4.79 Å². The van der Waals surface area contributed by atoms with E-state index in [1.165, 1.54) is 6.07 Å². The van der Waals surface area contributed by atoms with Crippen molar-refractivity contribution in [2.45, 2.75) is 6.92 Å². The molecular weight excluding hydrogens is 360 g/mol. The second kappa shape index (κ2) is 7.49. The van der Waals surface area contributed by atoms with E-state index in [-0.39, 0.29) is 5.69 Å². The minimum atomic E-state index is -0.838. The molecule has 0 atom stereocenters. The number of nitrogens with one attached hydrogen (secondary N) is 2. The molecule has 1 amide bonds. The Morgan fingerprint density at radius 3 is 2.73 bits per heavy atom. The third-order valence-corrected chi connectivity index (χ3v) is 4.57. The van der Waals surface area contributed by atoms with E-state index in [1.54, 1.807) is 20.1 Å². The van der Waals surface area contributed by atoms with Crippen LogP contribution in [-0.4, -0.2) is 18.0 Å². The van der Waals surface area contributed by atoms with Crippen LogP contribution in [0.4, 0.5) is 25.3 Å². The number of methoxy groups -OCH3 is 1. The molecule has 0 radical (unpaired) electrons. The summed E-state index contributed by atoms with van der Waals surface area (Å²) in [6, 6.07) is 10.2. The predicted molar refractivity (Wildman–Crippen MR) is 97.4 cm³/mol. The van der Waals surface area contributed by atoms with Gasteiger partial charge in [0.2, 0.25) is 0 Å². The van der Waals surface area contributed by atoms with Crippen LogP contribution in [0.25, 0.3) is 0 Å². The number of thiazole rings is 1. The topological polar surface area (TPSA) is 63.2 Å². The average Bonchev–Trinajstić information content (AvgIpc) is 2.98. The van der Waals surface area contributed by atoms with Crippen LogP contribution in [0.3, 0.4) is 0 Å². The molecule has 0 fully saturated rings. The monoisotopic (exact) mass is 375 g/mol. The van der Waals surface area contributed by atoms with Crippen molar-refractivity contribution >= 4 is 33.8 Å². The maximum atomic E-state index is 13.7. The Bertz CT molecular complexity index is 959. The zero-order valence-electron chi connectivity index (χ0n) is 14.0. The molecule has 0 aliphatic carbocycles. The lowest BCUT2D eigenvalue weighted by atomic mass is 10.3. The molecule has 1 heterocycles. The van der Waals surface area contributed by atoms with Crippen LogP contribution < -0.4 is 15.4 Å². The Kier molecular flexibility index (Phi) is 5.13. The minimum Gasteiger partial charge on any atom is -0.497 e. The highest BCUT2D eigenvalue weighted by molar-refractivity contribution is 7.17. The molecule has 2 N–H and O–H groups in total. The maximum absolute atomic E-state index is 13.7. The number of hydrogen-bond donors (Lipinski definition) is 2. The fraction of sp³-hybridized carbons (Fsp3) is 0.111. The first-order valence-electron chi connectivity index (χ1n) is 7.61. The van der Waals surface area contributed by atoms with Gasteiger partial charge in [0.05, 0.1) is 18.5 Å². The summed E-state index contributed by atoms with van der Waals surface area (Å²) in [5.74, 6) is -1.37. The van der Waals surface area contributed by atoms with Gasteiger partial charge in [-0.05, 0) is 31.2 Å². The number of carbonyl (C=O) groups excluding carboxylic acids is 1. The largest absolute Gasteiger partial charge is 0.497 e. The van der Waals surface area contributed by atoms with Gasteiger partial charge >= 0.3 is 0 Å². The molecule has 5 nitrogen and oxygen atoms in total. The number of anilines is 3. The molecule has 0 bridgehead atoms. The first-order chi connectivity index (χ1) is 12.5. The molecule has 0 saturated carbocycles. The summed E-state index contributed by atoms with van der Waals surface area (Å²) in [6.45, 7) is 1.68. The molecule has 0 aliphatic heterocycles. The van der Waals surface area contributed by atoms with Crippen molar-refractivity contribution in [2.75, 3.05) is 17.7 Å². The van der Waals surface area contributed by atoms with Crippen LogP contribution in [-0.2, 0) is 0 Å². The molecule has 26 heavy (non-hydrogen) atoms. The summed E-state index contributed by atoms with van der Waals surface area (Å²) in [7, 11) is 1.57. The van der Waals surface area contributed by atoms with Gasteiger partial charge in [0.15, 0.2) is 5.13 Å². The molecule has 134 valence electrons. The number of nitrogens with zero attached hydrogens (tertiary/aromatic N) is 1. The van der Waals surface area contributed by atoms with Crippen molar-refractivity contribution in [3.05, 3.63) is 64.7 Å². The molecule has 0 spiro atoms. The van der Waals surface area contributed by atoms with Crippen molar-refractivity contribution < 1.29 is 18.3 Å². The third kappa shape index (κ3) is 3.97. The highest BCUT2D eigenvalue weighted by atomic mass is 32.1. The van der Waals surface area contributed by atoms with Crippen molar-refractivity contribution in [1.29, 1.82) is 0 Å². The number of aromatic nitrogens is 1. The second-order valence-electron chi connectivity index (χ2n) is 5.37. The van der Waals surface area contributed by atoms with Crippen LogP contribution in [0.15, 0.2) is 42.5 Å². The molecule has 3 rings (SSSR count). The Balaban J connectivity index is 1.77. The fourth-order valence-electron chi connectivity index (χ4n) is 2.25. The van der Waals surface area contributed by atoms with Crippen LogP contribution >= 0.6 is 11.3 Å². The molecular formula is C18H15F2N3O2S.